The summed E-state index contributed by atoms with van der Waals surface area (Å²) in [5, 5.41) is 6.22. The highest BCUT2D eigenvalue weighted by atomic mass is 35.5. The van der Waals surface area contributed by atoms with E-state index < -0.39 is 11.9 Å². The molecule has 0 bridgehead atoms. The van der Waals surface area contributed by atoms with Crippen LogP contribution < -0.4 is 10.6 Å². The minimum Gasteiger partial charge on any atom is -0.349 e. The van der Waals surface area contributed by atoms with Crippen molar-refractivity contribution in [3.63, 3.8) is 0 Å². The van der Waals surface area contributed by atoms with E-state index in [-0.39, 0.29) is 34.2 Å². The standard InChI is InChI=1S/C23H20Cl2N6O2/c24-17-10-18(29-20(17)25)21(32)30-19(15-8-13-4-1-2-5-14(13)9-15)22(33)27-11-16-12-31-7-3-6-26-23(31)28-16/h1-7,10,12,15,19,29H,8-9,11H2,(H,27,33)(H,30,32)/t19-/m0/s1. The van der Waals surface area contributed by atoms with Gasteiger partial charge in [0.2, 0.25) is 11.7 Å². The number of carbonyl (C=O) groups excluding carboxylic acids is 2. The first-order valence-electron chi connectivity index (χ1n) is 10.5. The number of amides is 2. The van der Waals surface area contributed by atoms with E-state index in [0.29, 0.717) is 24.3 Å². The number of H-pyrrole nitrogens is 1. The maximum absolute atomic E-state index is 13.3. The van der Waals surface area contributed by atoms with Gasteiger partial charge in [-0.2, -0.15) is 0 Å². The Balaban J connectivity index is 1.34. The fourth-order valence-electron chi connectivity index (χ4n) is 4.22. The molecule has 0 radical (unpaired) electrons. The van der Waals surface area contributed by atoms with Gasteiger partial charge in [-0.05, 0) is 42.0 Å². The molecule has 1 aromatic carbocycles. The number of nitrogens with zero attached hydrogens (tertiary/aromatic N) is 3. The maximum Gasteiger partial charge on any atom is 0.268 e. The number of fused-ring (bicyclic) bond motifs is 2. The second-order valence-corrected chi connectivity index (χ2v) is 8.80. The Morgan fingerprint density at radius 2 is 1.94 bits per heavy atom. The fraction of sp³-hybridized carbons (Fsp3) is 0.217. The van der Waals surface area contributed by atoms with Crippen LogP contribution in [0.3, 0.4) is 0 Å². The Bertz CT molecular complexity index is 1270. The van der Waals surface area contributed by atoms with Crippen molar-refractivity contribution >= 4 is 40.8 Å². The molecule has 1 atom stereocenters. The minimum absolute atomic E-state index is 0.0880. The van der Waals surface area contributed by atoms with E-state index in [1.807, 2.05) is 24.5 Å². The monoisotopic (exact) mass is 482 g/mol. The Hall–Kier alpha value is -3.36. The molecule has 0 saturated carbocycles. The molecule has 2 amide bonds. The lowest BCUT2D eigenvalue weighted by atomic mass is 9.95. The minimum atomic E-state index is -0.749. The van der Waals surface area contributed by atoms with Crippen LogP contribution in [0.15, 0.2) is 55.0 Å². The number of hydrogen-bond acceptors (Lipinski definition) is 4. The van der Waals surface area contributed by atoms with Crippen LogP contribution in [0, 0.1) is 5.92 Å². The van der Waals surface area contributed by atoms with E-state index in [0.717, 1.165) is 0 Å². The Labute approximate surface area is 199 Å². The summed E-state index contributed by atoms with van der Waals surface area (Å²) in [5.41, 5.74) is 3.24. The topological polar surface area (TPSA) is 104 Å². The molecule has 3 N–H and O–H groups in total. The third kappa shape index (κ3) is 4.44. The van der Waals surface area contributed by atoms with Crippen molar-refractivity contribution < 1.29 is 9.59 Å². The van der Waals surface area contributed by atoms with E-state index in [1.165, 1.54) is 17.2 Å². The van der Waals surface area contributed by atoms with Gasteiger partial charge >= 0.3 is 0 Å². The summed E-state index contributed by atoms with van der Waals surface area (Å²) in [7, 11) is 0. The number of carbonyl (C=O) groups is 2. The van der Waals surface area contributed by atoms with Gasteiger partial charge in [-0.15, -0.1) is 0 Å². The number of rotatable bonds is 6. The Morgan fingerprint density at radius 1 is 1.18 bits per heavy atom. The number of aromatic amines is 1. The average molecular weight is 483 g/mol. The highest BCUT2D eigenvalue weighted by Crippen LogP contribution is 2.29. The number of halogens is 2. The van der Waals surface area contributed by atoms with Crippen LogP contribution in [-0.2, 0) is 24.2 Å². The first-order valence-corrected chi connectivity index (χ1v) is 11.2. The molecule has 0 unspecified atom stereocenters. The van der Waals surface area contributed by atoms with Gasteiger partial charge in [-0.25, -0.2) is 9.97 Å². The summed E-state index contributed by atoms with van der Waals surface area (Å²) < 4.78 is 1.78. The number of aromatic nitrogens is 4. The van der Waals surface area contributed by atoms with Gasteiger partial charge in [-0.3, -0.25) is 14.0 Å². The molecule has 168 valence electrons. The van der Waals surface area contributed by atoms with Gasteiger partial charge in [0, 0.05) is 18.6 Å². The highest BCUT2D eigenvalue weighted by Gasteiger charge is 2.35. The molecule has 0 spiro atoms. The maximum atomic E-state index is 13.3. The van der Waals surface area contributed by atoms with Crippen molar-refractivity contribution in [3.05, 3.63) is 87.7 Å². The summed E-state index contributed by atoms with van der Waals surface area (Å²) in [6, 6.07) is 10.6. The molecule has 3 aromatic heterocycles. The van der Waals surface area contributed by atoms with Gasteiger partial charge in [0.25, 0.3) is 5.91 Å². The summed E-state index contributed by atoms with van der Waals surface area (Å²) in [6.45, 7) is 0.217. The average Bonchev–Trinajstić information content (AvgIpc) is 3.52. The third-order valence-corrected chi connectivity index (χ3v) is 6.51. The van der Waals surface area contributed by atoms with Crippen LogP contribution in [-0.4, -0.2) is 37.2 Å². The van der Waals surface area contributed by atoms with Crippen LogP contribution in [0.2, 0.25) is 10.2 Å². The summed E-state index contributed by atoms with van der Waals surface area (Å²) >= 11 is 11.9. The third-order valence-electron chi connectivity index (χ3n) is 5.82. The van der Waals surface area contributed by atoms with Crippen molar-refractivity contribution in [1.29, 1.82) is 0 Å². The van der Waals surface area contributed by atoms with Crippen LogP contribution in [0.4, 0.5) is 0 Å². The second kappa shape index (κ2) is 8.88. The van der Waals surface area contributed by atoms with E-state index in [2.05, 4.69) is 37.7 Å². The zero-order valence-corrected chi connectivity index (χ0v) is 18.9. The van der Waals surface area contributed by atoms with Crippen LogP contribution in [0.25, 0.3) is 5.78 Å². The quantitative estimate of drug-likeness (QED) is 0.392. The molecule has 0 aliphatic heterocycles. The number of benzene rings is 1. The van der Waals surface area contributed by atoms with E-state index in [1.54, 1.807) is 16.7 Å². The molecule has 33 heavy (non-hydrogen) atoms. The fourth-order valence-corrected chi connectivity index (χ4v) is 4.54. The molecule has 5 rings (SSSR count). The molecule has 1 aliphatic carbocycles. The number of hydrogen-bond donors (Lipinski definition) is 3. The molecule has 10 heteroatoms. The van der Waals surface area contributed by atoms with E-state index in [9.17, 15) is 9.59 Å². The zero-order valence-electron chi connectivity index (χ0n) is 17.4. The van der Waals surface area contributed by atoms with Gasteiger partial charge in [0.05, 0.1) is 17.3 Å². The molecule has 3 heterocycles. The smallest absolute Gasteiger partial charge is 0.268 e. The Morgan fingerprint density at radius 3 is 2.61 bits per heavy atom. The molecular formula is C23H20Cl2N6O2. The van der Waals surface area contributed by atoms with Gasteiger partial charge in [0.15, 0.2) is 0 Å². The molecule has 8 nitrogen and oxygen atoms in total. The molecule has 0 saturated heterocycles. The summed E-state index contributed by atoms with van der Waals surface area (Å²) in [4.78, 5) is 37.5. The first-order chi connectivity index (χ1) is 16.0. The van der Waals surface area contributed by atoms with Crippen LogP contribution in [0.5, 0.6) is 0 Å². The van der Waals surface area contributed by atoms with Crippen molar-refractivity contribution in [2.45, 2.75) is 25.4 Å². The lowest BCUT2D eigenvalue weighted by Gasteiger charge is -2.23. The predicted molar refractivity (Wildman–Crippen MR) is 124 cm³/mol. The van der Waals surface area contributed by atoms with Crippen molar-refractivity contribution in [2.75, 3.05) is 0 Å². The number of nitrogens with one attached hydrogen (secondary N) is 3. The van der Waals surface area contributed by atoms with Crippen LogP contribution in [0.1, 0.15) is 27.3 Å². The SMILES string of the molecule is O=C(N[C@H](C(=O)NCc1cn2cccnc2n1)C1Cc2ccccc2C1)c1cc(Cl)c(Cl)[nH]1. The summed E-state index contributed by atoms with van der Waals surface area (Å²) in [6.07, 6.45) is 6.70. The first kappa shape index (κ1) is 21.5. The predicted octanol–water partition coefficient (Wildman–Crippen LogP) is 3.19. The number of imidazole rings is 1. The molecular weight excluding hydrogens is 463 g/mol. The van der Waals surface area contributed by atoms with Gasteiger partial charge in [-0.1, -0.05) is 47.5 Å². The lowest BCUT2D eigenvalue weighted by Crippen LogP contribution is -2.51. The lowest BCUT2D eigenvalue weighted by molar-refractivity contribution is -0.124. The molecule has 0 fully saturated rings. The summed E-state index contributed by atoms with van der Waals surface area (Å²) in [5.74, 6) is -0.264. The van der Waals surface area contributed by atoms with Crippen molar-refractivity contribution in [1.82, 2.24) is 30.0 Å². The van der Waals surface area contributed by atoms with Crippen molar-refractivity contribution in [2.24, 2.45) is 5.92 Å². The largest absolute Gasteiger partial charge is 0.349 e. The van der Waals surface area contributed by atoms with E-state index >= 15 is 0 Å². The molecule has 4 aromatic rings. The van der Waals surface area contributed by atoms with Crippen LogP contribution >= 0.6 is 23.2 Å². The highest BCUT2D eigenvalue weighted by molar-refractivity contribution is 6.41. The van der Waals surface area contributed by atoms with E-state index in [4.69, 9.17) is 23.2 Å². The zero-order chi connectivity index (χ0) is 22.9. The molecule has 1 aliphatic rings. The normalized spacial score (nSPS) is 14.2. The second-order valence-electron chi connectivity index (χ2n) is 8.01. The Kier molecular flexibility index (Phi) is 5.78. The van der Waals surface area contributed by atoms with Crippen molar-refractivity contribution in [3.8, 4) is 0 Å². The van der Waals surface area contributed by atoms with Gasteiger partial charge < -0.3 is 15.6 Å². The van der Waals surface area contributed by atoms with Gasteiger partial charge in [0.1, 0.15) is 16.9 Å².